The van der Waals surface area contributed by atoms with Crippen LogP contribution in [-0.4, -0.2) is 22.4 Å². The Bertz CT molecular complexity index is 838. The van der Waals surface area contributed by atoms with Crippen molar-refractivity contribution in [2.45, 2.75) is 11.3 Å². The molecule has 0 radical (unpaired) electrons. The molecule has 0 saturated heterocycles. The number of non-ortho nitro benzene ring substituents is 1. The van der Waals surface area contributed by atoms with Gasteiger partial charge in [-0.2, -0.15) is 4.37 Å². The van der Waals surface area contributed by atoms with Crippen LogP contribution in [0.5, 0.6) is 0 Å². The van der Waals surface area contributed by atoms with E-state index in [-0.39, 0.29) is 10.6 Å². The van der Waals surface area contributed by atoms with Crippen molar-refractivity contribution in [3.05, 3.63) is 58.6 Å². The number of anilines is 1. The van der Waals surface area contributed by atoms with Crippen LogP contribution < -0.4 is 10.0 Å². The molecule has 2 aromatic carbocycles. The van der Waals surface area contributed by atoms with Crippen LogP contribution in [0.4, 0.5) is 11.5 Å². The van der Waals surface area contributed by atoms with Crippen molar-refractivity contribution in [1.82, 2.24) is 9.10 Å². The van der Waals surface area contributed by atoms with Gasteiger partial charge in [0.2, 0.25) is 0 Å². The molecule has 24 heavy (non-hydrogen) atoms. The Morgan fingerprint density at radius 3 is 2.92 bits per heavy atom. The van der Waals surface area contributed by atoms with Crippen LogP contribution in [0.15, 0.2) is 53.4 Å². The van der Waals surface area contributed by atoms with Gasteiger partial charge in [-0.05, 0) is 48.1 Å². The van der Waals surface area contributed by atoms with Crippen LogP contribution in [0.2, 0.25) is 0 Å². The van der Waals surface area contributed by atoms with E-state index in [1.807, 2.05) is 18.2 Å². The van der Waals surface area contributed by atoms with Crippen LogP contribution in [0, 0.1) is 10.1 Å². The van der Waals surface area contributed by atoms with Gasteiger partial charge >= 0.3 is 0 Å². The van der Waals surface area contributed by atoms with Crippen LogP contribution in [-0.2, 0) is 0 Å². The Morgan fingerprint density at radius 1 is 1.17 bits per heavy atom. The van der Waals surface area contributed by atoms with Gasteiger partial charge in [-0.1, -0.05) is 18.2 Å². The molecule has 0 aliphatic heterocycles. The molecule has 8 heteroatoms. The number of aromatic nitrogens is 1. The first-order chi connectivity index (χ1) is 11.7. The first kappa shape index (κ1) is 16.7. The fourth-order valence-electron chi connectivity index (χ4n) is 2.18. The maximum atomic E-state index is 10.7. The van der Waals surface area contributed by atoms with Crippen LogP contribution in [0.3, 0.4) is 0 Å². The number of nitro groups is 1. The number of benzene rings is 2. The third-order valence-corrected chi connectivity index (χ3v) is 5.01. The molecular weight excluding hydrogens is 344 g/mol. The highest BCUT2D eigenvalue weighted by Crippen LogP contribution is 2.26. The molecule has 0 aliphatic rings. The van der Waals surface area contributed by atoms with E-state index in [0.29, 0.717) is 0 Å². The molecule has 0 spiro atoms. The Morgan fingerprint density at radius 2 is 2.04 bits per heavy atom. The van der Waals surface area contributed by atoms with Gasteiger partial charge in [-0.25, -0.2) is 0 Å². The van der Waals surface area contributed by atoms with Crippen LogP contribution >= 0.6 is 23.5 Å². The lowest BCUT2D eigenvalue weighted by molar-refractivity contribution is -0.385. The quantitative estimate of drug-likeness (QED) is 0.270. The average molecular weight is 360 g/mol. The Balaban J connectivity index is 1.40. The van der Waals surface area contributed by atoms with Gasteiger partial charge < -0.3 is 5.32 Å². The van der Waals surface area contributed by atoms with Gasteiger partial charge in [-0.3, -0.25) is 14.8 Å². The van der Waals surface area contributed by atoms with E-state index >= 15 is 0 Å². The van der Waals surface area contributed by atoms with Crippen LogP contribution in [0.1, 0.15) is 6.42 Å². The molecule has 3 aromatic rings. The first-order valence-electron chi connectivity index (χ1n) is 7.46. The zero-order chi connectivity index (χ0) is 16.8. The number of hydrogen-bond donors (Lipinski definition) is 2. The Hall–Kier alpha value is -2.16. The lowest BCUT2D eigenvalue weighted by Crippen LogP contribution is -2.11. The Kier molecular flexibility index (Phi) is 5.63. The van der Waals surface area contributed by atoms with Crippen molar-refractivity contribution in [2.75, 3.05) is 18.4 Å². The third-order valence-electron chi connectivity index (χ3n) is 3.34. The molecule has 0 fully saturated rings. The fraction of sp³-hybridized carbons (Fsp3) is 0.188. The zero-order valence-corrected chi connectivity index (χ0v) is 14.4. The van der Waals surface area contributed by atoms with Gasteiger partial charge in [0.05, 0.1) is 9.62 Å². The van der Waals surface area contributed by atoms with E-state index in [1.54, 1.807) is 12.1 Å². The largest absolute Gasteiger partial charge is 0.369 e. The number of fused-ring (bicyclic) bond motifs is 1. The molecule has 0 unspecified atom stereocenters. The summed E-state index contributed by atoms with van der Waals surface area (Å²) < 4.78 is 8.83. The van der Waals surface area contributed by atoms with Crippen molar-refractivity contribution in [3.8, 4) is 0 Å². The predicted octanol–water partition coefficient (Wildman–Crippen LogP) is 4.30. The SMILES string of the molecule is O=[N+]([O-])c1cccc(SNCCCNc2nsc3ccccc23)c1. The molecule has 124 valence electrons. The number of hydrogen-bond acceptors (Lipinski definition) is 7. The normalized spacial score (nSPS) is 10.8. The minimum Gasteiger partial charge on any atom is -0.369 e. The molecule has 6 nitrogen and oxygen atoms in total. The fourth-order valence-corrected chi connectivity index (χ4v) is 3.67. The van der Waals surface area contributed by atoms with E-state index in [4.69, 9.17) is 0 Å². The maximum absolute atomic E-state index is 10.7. The summed E-state index contributed by atoms with van der Waals surface area (Å²) in [6.07, 6.45) is 0.924. The minimum absolute atomic E-state index is 0.110. The van der Waals surface area contributed by atoms with Gasteiger partial charge in [0.15, 0.2) is 0 Å². The van der Waals surface area contributed by atoms with Crippen molar-refractivity contribution < 1.29 is 4.92 Å². The summed E-state index contributed by atoms with van der Waals surface area (Å²) >= 11 is 2.90. The second-order valence-corrected chi connectivity index (χ2v) is 6.83. The van der Waals surface area contributed by atoms with Gasteiger partial charge in [0.1, 0.15) is 5.82 Å². The average Bonchev–Trinajstić information content (AvgIpc) is 3.01. The lowest BCUT2D eigenvalue weighted by atomic mass is 10.2. The molecule has 0 aliphatic carbocycles. The molecule has 0 amide bonds. The van der Waals surface area contributed by atoms with Crippen molar-refractivity contribution in [1.29, 1.82) is 0 Å². The van der Waals surface area contributed by atoms with Gasteiger partial charge in [-0.15, -0.1) is 0 Å². The summed E-state index contributed by atoms with van der Waals surface area (Å²) in [6, 6.07) is 14.8. The van der Waals surface area contributed by atoms with E-state index in [2.05, 4.69) is 26.5 Å². The van der Waals surface area contributed by atoms with E-state index < -0.39 is 0 Å². The van der Waals surface area contributed by atoms with Crippen molar-refractivity contribution in [2.24, 2.45) is 0 Å². The highest BCUT2D eigenvalue weighted by atomic mass is 32.2. The minimum atomic E-state index is -0.383. The summed E-state index contributed by atoms with van der Waals surface area (Å²) in [7, 11) is 0. The van der Waals surface area contributed by atoms with E-state index in [9.17, 15) is 10.1 Å². The second kappa shape index (κ2) is 8.09. The number of nitrogens with zero attached hydrogens (tertiary/aromatic N) is 2. The predicted molar refractivity (Wildman–Crippen MR) is 99.7 cm³/mol. The summed E-state index contributed by atoms with van der Waals surface area (Å²) in [5.74, 6) is 0.932. The summed E-state index contributed by atoms with van der Waals surface area (Å²) in [5, 5.41) is 15.2. The van der Waals surface area contributed by atoms with Crippen molar-refractivity contribution >= 4 is 45.1 Å². The standard InChI is InChI=1S/C16H16N4O2S2/c21-20(22)12-5-3-6-13(11-12)23-18-10-4-9-17-16-14-7-1-2-8-15(14)24-19-16/h1-3,5-8,11,18H,4,9-10H2,(H,17,19). The highest BCUT2D eigenvalue weighted by molar-refractivity contribution is 7.97. The lowest BCUT2D eigenvalue weighted by Gasteiger charge is -2.05. The Labute approximate surface area is 147 Å². The highest BCUT2D eigenvalue weighted by Gasteiger charge is 2.06. The first-order valence-corrected chi connectivity index (χ1v) is 9.05. The molecule has 0 bridgehead atoms. The molecule has 0 saturated carbocycles. The monoisotopic (exact) mass is 360 g/mol. The second-order valence-electron chi connectivity index (χ2n) is 5.06. The van der Waals surface area contributed by atoms with Crippen molar-refractivity contribution in [3.63, 3.8) is 0 Å². The van der Waals surface area contributed by atoms with Crippen LogP contribution in [0.25, 0.3) is 10.1 Å². The van der Waals surface area contributed by atoms with Gasteiger partial charge in [0, 0.05) is 35.5 Å². The molecule has 3 rings (SSSR count). The zero-order valence-electron chi connectivity index (χ0n) is 12.8. The molecule has 0 atom stereocenters. The number of rotatable bonds is 8. The summed E-state index contributed by atoms with van der Waals surface area (Å²) in [4.78, 5) is 11.2. The summed E-state index contributed by atoms with van der Waals surface area (Å²) in [6.45, 7) is 1.61. The maximum Gasteiger partial charge on any atom is 0.270 e. The number of nitro benzene ring substituents is 1. The third kappa shape index (κ3) is 4.22. The van der Waals surface area contributed by atoms with Gasteiger partial charge in [0.25, 0.3) is 5.69 Å². The molecule has 2 N–H and O–H groups in total. The smallest absolute Gasteiger partial charge is 0.270 e. The molecule has 1 heterocycles. The topological polar surface area (TPSA) is 80.1 Å². The molecular formula is C16H16N4O2S2. The summed E-state index contributed by atoms with van der Waals surface area (Å²) in [5.41, 5.74) is 0.110. The number of nitrogens with one attached hydrogen (secondary N) is 2. The molecule has 1 aromatic heterocycles. The van der Waals surface area contributed by atoms with E-state index in [0.717, 1.165) is 35.6 Å². The van der Waals surface area contributed by atoms with E-state index in [1.165, 1.54) is 34.2 Å².